The van der Waals surface area contributed by atoms with Crippen molar-refractivity contribution in [3.8, 4) is 5.75 Å². The fourth-order valence-corrected chi connectivity index (χ4v) is 12.6. The highest BCUT2D eigenvalue weighted by atomic mass is 16.5. The summed E-state index contributed by atoms with van der Waals surface area (Å²) >= 11 is 0. The summed E-state index contributed by atoms with van der Waals surface area (Å²) < 4.78 is 9.84. The van der Waals surface area contributed by atoms with E-state index in [2.05, 4.69) is 62.9 Å². The molecule has 0 amide bonds. The first kappa shape index (κ1) is 68.2. The van der Waals surface area contributed by atoms with E-state index in [0.29, 0.717) is 64.3 Å². The molecule has 0 bridgehead atoms. The number of carbonyl (C=O) groups excluding carboxylic acids is 3. The Hall–Kier alpha value is -4.80. The third-order valence-corrected chi connectivity index (χ3v) is 16.1. The van der Waals surface area contributed by atoms with Gasteiger partial charge in [0.1, 0.15) is 40.9 Å². The smallest absolute Gasteiger partial charge is 0.309 e. The number of rotatable bonds is 14. The third kappa shape index (κ3) is 17.9. The highest BCUT2D eigenvalue weighted by Crippen LogP contribution is 2.71. The molecule has 5 aliphatic carbocycles. The third-order valence-electron chi connectivity index (χ3n) is 16.1. The molecule has 73 heavy (non-hydrogen) atoms. The molecule has 4 fully saturated rings. The van der Waals surface area contributed by atoms with Crippen LogP contribution in [0.25, 0.3) is 0 Å². The van der Waals surface area contributed by atoms with Crippen molar-refractivity contribution in [3.05, 3.63) is 78.2 Å². The highest BCUT2D eigenvalue weighted by Gasteiger charge is 2.63. The molecule has 0 aliphatic heterocycles. The molecule has 6 rings (SSSR count). The summed E-state index contributed by atoms with van der Waals surface area (Å²) in [4.78, 5) is 51.5. The zero-order valence-electron chi connectivity index (χ0n) is 48.7. The summed E-state index contributed by atoms with van der Waals surface area (Å²) in [5, 5.41) is 33.4. The quantitative estimate of drug-likeness (QED) is 0.0347. The van der Waals surface area contributed by atoms with E-state index in [1.54, 1.807) is 45.9 Å². The van der Waals surface area contributed by atoms with E-state index < -0.39 is 16.8 Å². The lowest BCUT2D eigenvalue weighted by molar-refractivity contribution is -0.151. The molecule has 414 valence electrons. The van der Waals surface area contributed by atoms with Gasteiger partial charge in [0, 0.05) is 50.8 Å². The number of ether oxygens (including phenoxy) is 2. The zero-order chi connectivity index (χ0) is 56.7. The van der Waals surface area contributed by atoms with E-state index >= 15 is 0 Å². The van der Waals surface area contributed by atoms with Gasteiger partial charge in [0.2, 0.25) is 0 Å². The van der Waals surface area contributed by atoms with E-state index in [1.807, 2.05) is 51.8 Å². The van der Waals surface area contributed by atoms with Gasteiger partial charge in [-0.2, -0.15) is 0 Å². The number of nitrogens with one attached hydrogen (secondary N) is 1. The minimum absolute atomic E-state index is 0.0329. The number of carboxylic acids is 1. The van der Waals surface area contributed by atoms with Crippen LogP contribution in [-0.4, -0.2) is 89.8 Å². The van der Waals surface area contributed by atoms with Gasteiger partial charge in [-0.25, -0.2) is 4.98 Å². The topological polar surface area (TPSA) is 187 Å². The second kappa shape index (κ2) is 31.2. The van der Waals surface area contributed by atoms with Crippen LogP contribution in [0.15, 0.2) is 72.5 Å². The summed E-state index contributed by atoms with van der Waals surface area (Å²) in [5.41, 5.74) is 5.13. The maximum Gasteiger partial charge on any atom is 0.309 e. The van der Waals surface area contributed by atoms with Crippen LogP contribution in [0.3, 0.4) is 0 Å². The number of carbonyl (C=O) groups is 4. The van der Waals surface area contributed by atoms with Gasteiger partial charge >= 0.3 is 5.97 Å². The molecule has 0 aromatic carbocycles. The molecule has 7 atom stereocenters. The number of pyridine rings is 1. The van der Waals surface area contributed by atoms with Crippen molar-refractivity contribution >= 4 is 29.7 Å². The van der Waals surface area contributed by atoms with Gasteiger partial charge in [-0.1, -0.05) is 113 Å². The molecule has 0 spiro atoms. The number of allylic oxidation sites excluding steroid dienone is 4. The number of Topliss-reactive ketones (excluding diaryl/α,β-unsaturated/α-hetero) is 2. The molecule has 1 aromatic rings. The molecular formula is C61H101N3O9. The van der Waals surface area contributed by atoms with Gasteiger partial charge in [0.15, 0.2) is 5.78 Å². The van der Waals surface area contributed by atoms with Crippen molar-refractivity contribution in [2.45, 2.75) is 180 Å². The lowest BCUT2D eigenvalue weighted by Crippen LogP contribution is -2.58. The molecule has 1 heterocycles. The maximum absolute atomic E-state index is 13.8. The largest absolute Gasteiger partial charge is 0.505 e. The number of aliphatic carboxylic acids is 1. The summed E-state index contributed by atoms with van der Waals surface area (Å²) in [5.74, 6) is 4.49. The lowest BCUT2D eigenvalue weighted by Gasteiger charge is -2.66. The number of hydrogen-bond donors (Lipinski definition) is 4. The van der Waals surface area contributed by atoms with E-state index in [9.17, 15) is 19.2 Å². The number of ketones is 2. The van der Waals surface area contributed by atoms with Crippen molar-refractivity contribution in [1.29, 1.82) is 5.41 Å². The van der Waals surface area contributed by atoms with Gasteiger partial charge in [-0.05, 0) is 143 Å². The number of hydrogen-bond acceptors (Lipinski definition) is 10. The first-order chi connectivity index (χ1) is 34.2. The van der Waals surface area contributed by atoms with E-state index in [-0.39, 0.29) is 29.3 Å². The van der Waals surface area contributed by atoms with Crippen molar-refractivity contribution in [2.75, 3.05) is 34.9 Å². The minimum Gasteiger partial charge on any atom is -0.505 e. The van der Waals surface area contributed by atoms with Crippen LogP contribution < -0.4 is 4.74 Å². The number of methoxy groups -OCH3 is 2. The monoisotopic (exact) mass is 1020 g/mol. The fourth-order valence-electron chi connectivity index (χ4n) is 12.6. The molecule has 0 saturated heterocycles. The zero-order valence-corrected chi connectivity index (χ0v) is 48.7. The van der Waals surface area contributed by atoms with Crippen molar-refractivity contribution in [1.82, 2.24) is 9.88 Å². The average Bonchev–Trinajstić information content (AvgIpc) is 3.69. The number of carboxylic acid groups (broad SMARTS) is 1. The Kier molecular flexibility index (Phi) is 29.1. The first-order valence-corrected chi connectivity index (χ1v) is 26.9. The number of nitrogens with zero attached hydrogens (tertiary/aromatic N) is 2. The number of amidine groups is 1. The number of aldehydes is 1. The first-order valence-electron chi connectivity index (χ1n) is 26.9. The maximum atomic E-state index is 13.8. The van der Waals surface area contributed by atoms with Crippen LogP contribution in [0.4, 0.5) is 0 Å². The number of aromatic nitrogens is 1. The Bertz CT molecular complexity index is 2050. The summed E-state index contributed by atoms with van der Waals surface area (Å²) in [6, 6.07) is 3.73. The van der Waals surface area contributed by atoms with Crippen LogP contribution >= 0.6 is 0 Å². The molecule has 12 nitrogen and oxygen atoms in total. The Balaban J connectivity index is 0.00000133. The van der Waals surface area contributed by atoms with Gasteiger partial charge in [0.25, 0.3) is 0 Å². The molecule has 12 heteroatoms. The lowest BCUT2D eigenvalue weighted by atomic mass is 9.39. The fraction of sp³-hybridized carbons (Fsp3) is 0.689. The van der Waals surface area contributed by atoms with Crippen LogP contribution in [0, 0.1) is 62.1 Å². The molecule has 5 aliphatic rings. The van der Waals surface area contributed by atoms with Crippen molar-refractivity contribution in [2.24, 2.45) is 56.7 Å². The normalized spacial score (nSPS) is 25.2. The van der Waals surface area contributed by atoms with Crippen molar-refractivity contribution in [3.63, 3.8) is 0 Å². The van der Waals surface area contributed by atoms with Crippen LogP contribution in [0.1, 0.15) is 186 Å². The standard InChI is InChI=1S/C36H53N3O2.C8H12O3.C7H12O2.C5H8O.2C2H6.CH4O/c1-23(2)31-29(40)21-36(19-20-39(5)33(37)28-12-10-25(41-6)22-38-28)18-15-27-26(32(31)36)11-13-30-34(3)16-8-7-9-24(34)14-17-35(27,30)4;1-4-6(9)5-8(2,3)7(10)11;1-6(9)4-7(2,3)5-8;1-4-5(2)6-3;3*1-2/h10,12,22-24,26-27,30,37H,7-9,11,13-21H2,1-6H3;9H,1,5H2,2-3H3,(H,10,11);5H,4H2,1-3H3;4H,1-2H2,3H3;2*1-2H3;2H,1H3. The van der Waals surface area contributed by atoms with Crippen molar-refractivity contribution < 1.29 is 44.0 Å². The average molecular weight is 1020 g/mol. The highest BCUT2D eigenvalue weighted by molar-refractivity contribution is 6.00. The SMILES string of the molecule is C=C=C(O)CC(C)(C)C(=O)O.C=CC(=C)OC.CC.CC.CC(=O)CC(C)(C)C=O.CO.COc1ccc(C(=N)N(C)CCC23CCC4C(CCC5C6(C)CCCCC6CCC45C)C2=C(C(C)C)C(=O)C3)nc1. The Morgan fingerprint density at radius 3 is 2.03 bits per heavy atom. The summed E-state index contributed by atoms with van der Waals surface area (Å²) in [7, 11) is 6.20. The van der Waals surface area contributed by atoms with E-state index in [4.69, 9.17) is 25.5 Å². The van der Waals surface area contributed by atoms with E-state index in [0.717, 1.165) is 44.6 Å². The van der Waals surface area contributed by atoms with Crippen LogP contribution in [-0.2, 0) is 23.9 Å². The van der Waals surface area contributed by atoms with Crippen LogP contribution in [0.5, 0.6) is 5.75 Å². The van der Waals surface area contributed by atoms with Gasteiger partial charge in [-0.15, -0.1) is 0 Å². The van der Waals surface area contributed by atoms with Gasteiger partial charge < -0.3 is 34.5 Å². The number of fused-ring (bicyclic) bond motifs is 7. The van der Waals surface area contributed by atoms with Gasteiger partial charge in [0.05, 0.1) is 25.8 Å². The van der Waals surface area contributed by atoms with E-state index in [1.165, 1.54) is 84.1 Å². The molecule has 4 N–H and O–H groups in total. The Morgan fingerprint density at radius 2 is 1.58 bits per heavy atom. The molecule has 0 radical (unpaired) electrons. The summed E-state index contributed by atoms with van der Waals surface area (Å²) in [6.07, 6.45) is 19.6. The predicted molar refractivity (Wildman–Crippen MR) is 299 cm³/mol. The molecule has 7 unspecified atom stereocenters. The second-order valence-corrected chi connectivity index (χ2v) is 22.2. The minimum atomic E-state index is -0.950. The number of aliphatic hydroxyl groups is 2. The Morgan fingerprint density at radius 1 is 0.959 bits per heavy atom. The molecule has 4 saturated carbocycles. The second-order valence-electron chi connectivity index (χ2n) is 22.2. The summed E-state index contributed by atoms with van der Waals surface area (Å²) in [6.45, 7) is 36.7. The molecule has 1 aromatic heterocycles. The predicted octanol–water partition coefficient (Wildman–Crippen LogP) is 14.0. The Labute approximate surface area is 442 Å². The van der Waals surface area contributed by atoms with Crippen LogP contribution in [0.2, 0.25) is 0 Å². The number of aliphatic hydroxyl groups excluding tert-OH is 2. The molecular weight excluding hydrogens is 919 g/mol. The van der Waals surface area contributed by atoms with Gasteiger partial charge in [-0.3, -0.25) is 19.8 Å².